The van der Waals surface area contributed by atoms with Crippen LogP contribution in [0.5, 0.6) is 0 Å². The van der Waals surface area contributed by atoms with Gasteiger partial charge >= 0.3 is 164 Å². The zero-order valence-corrected chi connectivity index (χ0v) is 85.6. The maximum absolute atomic E-state index is 10.1. The summed E-state index contributed by atoms with van der Waals surface area (Å²) in [6, 6.07) is 0. The van der Waals surface area contributed by atoms with Gasteiger partial charge in [0.1, 0.15) is 0 Å². The van der Waals surface area contributed by atoms with E-state index < -0.39 is 228 Å². The Bertz CT molecular complexity index is 2240. The lowest BCUT2D eigenvalue weighted by Gasteiger charge is -2.34. The van der Waals surface area contributed by atoms with Crippen LogP contribution in [0.25, 0.3) is 0 Å². The van der Waals surface area contributed by atoms with Gasteiger partial charge in [0.15, 0.2) is 63.3 Å². The maximum Gasteiger partial charge on any atom is 0.677 e. The highest BCUT2D eigenvalue weighted by Crippen LogP contribution is 2.26. The third kappa shape index (κ3) is 94.2. The van der Waals surface area contributed by atoms with E-state index in [0.29, 0.717) is 0 Å². The first-order valence-corrected chi connectivity index (χ1v) is 78.0. The number of ether oxygens (including phenoxy) is 2. The number of hydrogen-bond acceptors (Lipinski definition) is 60. The van der Waals surface area contributed by atoms with Gasteiger partial charge in [-0.3, -0.25) is 26.6 Å². The zero-order chi connectivity index (χ0) is 92.4. The average molecular weight is 2020 g/mol. The van der Waals surface area contributed by atoms with E-state index >= 15 is 0 Å². The third-order valence-corrected chi connectivity index (χ3v) is 45.7. The summed E-state index contributed by atoms with van der Waals surface area (Å²) in [6.45, 7) is 33.5. The minimum Gasteiger partial charge on any atom is -0.419 e. The molecule has 0 aliphatic heterocycles. The predicted molar refractivity (Wildman–Crippen MR) is 397 cm³/mol. The molecule has 0 aromatic carbocycles. The van der Waals surface area contributed by atoms with Crippen LogP contribution < -0.4 is 0 Å². The molecule has 0 saturated heterocycles. The Morgan fingerprint density at radius 1 is 0.188 bits per heavy atom. The fraction of sp³-hybridized carbons (Fsp3) is 1.00. The summed E-state index contributed by atoms with van der Waals surface area (Å²) >= 11 is 0. The van der Waals surface area contributed by atoms with Gasteiger partial charge in [0, 0.05) is 65.5 Å². The second kappa shape index (κ2) is 49.0. The molecule has 6 atom stereocenters. The minimum atomic E-state index is -5.02. The van der Waals surface area contributed by atoms with Crippen LogP contribution >= 0.6 is 0 Å². The van der Waals surface area contributed by atoms with Crippen LogP contribution in [0.2, 0.25) is 157 Å². The van der Waals surface area contributed by atoms with Crippen LogP contribution in [0.15, 0.2) is 0 Å². The molecule has 0 aliphatic carbocycles. The van der Waals surface area contributed by atoms with Gasteiger partial charge in [-0.25, -0.2) is 9.47 Å². The summed E-state index contributed by atoms with van der Waals surface area (Å²) < 4.78 is 94.1. The van der Waals surface area contributed by atoms with Crippen molar-refractivity contribution in [3.8, 4) is 0 Å². The Kier molecular flexibility index (Phi) is 55.6. The van der Waals surface area contributed by atoms with Crippen molar-refractivity contribution in [3.63, 3.8) is 0 Å². The summed E-state index contributed by atoms with van der Waals surface area (Å²) in [4.78, 5) is 177. The van der Waals surface area contributed by atoms with E-state index in [0.717, 1.165) is 45.8 Å². The van der Waals surface area contributed by atoms with Gasteiger partial charge < -0.3 is 247 Å². The lowest BCUT2D eigenvalue weighted by Crippen LogP contribution is -2.64. The van der Waals surface area contributed by atoms with E-state index in [4.69, 9.17) is 159 Å². The summed E-state index contributed by atoms with van der Waals surface area (Å²) in [5, 5.41) is 171. The summed E-state index contributed by atoms with van der Waals surface area (Å²) in [7, 11) is -67.0. The molecule has 0 bridgehead atoms. The first-order chi connectivity index (χ1) is 47.8. The molecule has 0 saturated carbocycles. The fourth-order valence-corrected chi connectivity index (χ4v) is 44.2. The Balaban J connectivity index is -0.000000231. The smallest absolute Gasteiger partial charge is 0.419 e. The van der Waals surface area contributed by atoms with Gasteiger partial charge in [-0.05, 0) is 91.7 Å². The van der Waals surface area contributed by atoms with Crippen molar-refractivity contribution in [3.05, 3.63) is 0 Å². The van der Waals surface area contributed by atoms with Gasteiger partial charge in [-0.2, -0.15) is 0 Å². The van der Waals surface area contributed by atoms with E-state index in [1.165, 1.54) is 45.8 Å². The molecule has 39 N–H and O–H groups in total. The molecule has 112 heavy (non-hydrogen) atoms. The number of aliphatic hydroxyl groups is 20. The molecular formula is C32H118O60Si20. The van der Waals surface area contributed by atoms with Crippen molar-refractivity contribution in [1.29, 1.82) is 0 Å². The lowest BCUT2D eigenvalue weighted by atomic mass is 10.9. The SMILES string of the molecule is C[SiH](C)OC(O)(OC(O)(O)O)OC(O)(O)O.C[SiH](C)OC(O)(O[Si](C)(O)O)O[Si](C)(O)O.C[SiH](C)O[Si](C)(O)OC(O)(O)O.C[SiH](C)O[Si](C)(O)O[Si](C)(O)O[Si](C)(O)O.C[SiH](C)O[Si](O)(OC(O)(O)O)OC(O)(O)O.C[SiH](C)O[Si](O)(OC(O)(O)O)O[Si](C)(O)O.C[SiH](C)O[Si](O)(O[Si](C)(O)O)O[Si](C)(O)O[Si](C)(O)O. The molecule has 0 fully saturated rings. The van der Waals surface area contributed by atoms with E-state index in [2.05, 4.69) is 61.0 Å². The van der Waals surface area contributed by atoms with Crippen LogP contribution in [0.3, 0.4) is 0 Å². The lowest BCUT2D eigenvalue weighted by molar-refractivity contribution is -0.640. The Hall–Kier alpha value is 1.94. The van der Waals surface area contributed by atoms with Crippen LogP contribution in [0.4, 0.5) is 0 Å². The minimum absolute atomic E-state index is 0.882. The topological polar surface area (TPSA) is 983 Å². The molecule has 0 aromatic rings. The second-order valence-corrected chi connectivity index (χ2v) is 72.4. The molecule has 80 heteroatoms. The molecule has 0 radical (unpaired) electrons. The van der Waals surface area contributed by atoms with Crippen molar-refractivity contribution in [2.45, 2.75) is 206 Å². The van der Waals surface area contributed by atoms with Crippen LogP contribution in [0.1, 0.15) is 0 Å². The highest BCUT2D eigenvalue weighted by molar-refractivity contribution is 6.82. The first-order valence-electron chi connectivity index (χ1n) is 30.6. The molecule has 0 aliphatic rings. The van der Waals surface area contributed by atoms with Crippen molar-refractivity contribution >= 4 is 178 Å². The fourth-order valence-electron chi connectivity index (χ4n) is 6.20. The molecule has 0 spiro atoms. The summed E-state index contributed by atoms with van der Waals surface area (Å²) in [5.74, 6) is 0. The average Bonchev–Trinajstić information content (AvgIpc) is 0.845. The first kappa shape index (κ1) is 127. The Morgan fingerprint density at radius 2 is 0.411 bits per heavy atom. The molecular weight excluding hydrogens is 1910 g/mol. The molecule has 6 unspecified atom stereocenters. The predicted octanol–water partition coefficient (Wildman–Crippen LogP) is -20.3. The van der Waals surface area contributed by atoms with Crippen molar-refractivity contribution in [2.24, 2.45) is 0 Å². The van der Waals surface area contributed by atoms with E-state index in [-0.39, 0.29) is 0 Å². The van der Waals surface area contributed by atoms with Crippen LogP contribution in [-0.4, -0.2) is 421 Å². The molecule has 0 amide bonds. The summed E-state index contributed by atoms with van der Waals surface area (Å²) in [5.41, 5.74) is 0. The van der Waals surface area contributed by atoms with Crippen LogP contribution in [-0.2, 0) is 90.1 Å². The Labute approximate surface area is 664 Å². The van der Waals surface area contributed by atoms with E-state index in [9.17, 15) is 63.0 Å². The van der Waals surface area contributed by atoms with Gasteiger partial charge in [-0.1, -0.05) is 0 Å². The standard InChI is InChI=1S/C5H22O10Si5.C5H14O10Si.C5H18O8Si3.C5H20O7Si4.C4H14O10Si2.C4H16O9Si3.C4H14O6Si2/c1-16(2)12-20(11,14-18(4,8)9)15-19(5,10)13-17(3,6)7;1-16(2)15-5(12,13-3(6,7)8)14-4(9,10)11;1-14(2)11-5(6,12-15(3,7)8)13-16(4,9)10;1-13(2)10-15(4,8)12-16(5,9)11-14(3,6)7;1-15(2)14-16(11,12-3(5,6)7)13-4(8,9)10;1-14(2)12-16(10,11-4(5,6)7)13-15(3,8)9;1-11(2)10-12(3,8)9-4(5,6)7/h6-11,16H,1-5H3;6-12,16H,1-2H3;6-10,14H,1-4H3;6-9,13H,1-5H3;5-11,15H,1-2H3;5-10,14H,1-3H3;5-8,11H,1-3H3. The van der Waals surface area contributed by atoms with Gasteiger partial charge in [0.05, 0.1) is 0 Å². The Morgan fingerprint density at radius 3 is 0.643 bits per heavy atom. The molecule has 60 nitrogen and oxygen atoms in total. The van der Waals surface area contributed by atoms with Gasteiger partial charge in [0.25, 0.3) is 0 Å². The normalized spacial score (nSPS) is 17.2. The second-order valence-electron chi connectivity index (χ2n) is 24.9. The van der Waals surface area contributed by atoms with Crippen LogP contribution in [0, 0.1) is 0 Å². The number of hydrogen-bond donors (Lipinski definition) is 39. The molecule has 0 aromatic heterocycles. The highest BCUT2D eigenvalue weighted by Gasteiger charge is 2.59. The quantitative estimate of drug-likeness (QED) is 0.0199. The van der Waals surface area contributed by atoms with Gasteiger partial charge in [0.2, 0.25) is 0 Å². The molecule has 0 heterocycles. The number of rotatable bonds is 42. The van der Waals surface area contributed by atoms with Crippen molar-refractivity contribution < 1.29 is 283 Å². The van der Waals surface area contributed by atoms with Gasteiger partial charge in [-0.15, -0.1) is 0 Å². The summed E-state index contributed by atoms with van der Waals surface area (Å²) in [6.07, 6.45) is -28.6. The van der Waals surface area contributed by atoms with Crippen molar-refractivity contribution in [1.82, 2.24) is 0 Å². The molecule has 0 rings (SSSR count). The maximum atomic E-state index is 10.1. The highest BCUT2D eigenvalue weighted by atomic mass is 28.5. The van der Waals surface area contributed by atoms with E-state index in [1.807, 2.05) is 13.1 Å². The third-order valence-electron chi connectivity index (χ3n) is 7.24. The monoisotopic (exact) mass is 2020 g/mol. The van der Waals surface area contributed by atoms with Crippen molar-refractivity contribution in [2.75, 3.05) is 0 Å². The zero-order valence-electron chi connectivity index (χ0n) is 64.6. The largest absolute Gasteiger partial charge is 0.677 e. The molecule has 686 valence electrons. The van der Waals surface area contributed by atoms with E-state index in [1.54, 1.807) is 52.4 Å².